The van der Waals surface area contributed by atoms with Gasteiger partial charge in [0, 0.05) is 21.9 Å². The number of likely N-dealkylation sites (tertiary alicyclic amines) is 1. The predicted molar refractivity (Wildman–Crippen MR) is 117 cm³/mol. The summed E-state index contributed by atoms with van der Waals surface area (Å²) in [5.74, 6) is -0.343. The number of carbonyl (C=O) groups excluding carboxylic acids is 1. The Morgan fingerprint density at radius 2 is 2.00 bits per heavy atom. The molecule has 2 aromatic carbocycles. The van der Waals surface area contributed by atoms with Crippen molar-refractivity contribution in [3.63, 3.8) is 0 Å². The van der Waals surface area contributed by atoms with Crippen molar-refractivity contribution < 1.29 is 9.18 Å². The zero-order valence-electron chi connectivity index (χ0n) is 17.2. The van der Waals surface area contributed by atoms with E-state index in [1.165, 1.54) is 23.9 Å². The highest BCUT2D eigenvalue weighted by Crippen LogP contribution is 2.35. The van der Waals surface area contributed by atoms with E-state index in [1.807, 2.05) is 38.1 Å². The number of nitrogens with one attached hydrogen (secondary N) is 2. The molecule has 3 aromatic rings. The molecule has 1 saturated heterocycles. The highest BCUT2D eigenvalue weighted by atomic mass is 32.2. The van der Waals surface area contributed by atoms with Gasteiger partial charge in [0.25, 0.3) is 5.91 Å². The standard InChI is InChI=1S/C23H22FN5OS/c1-14-12-29(13-25)15(2)22(14)26-23(30)20-11-19(27-28-20)18-5-3-4-6-21(18)31-17-9-7-16(24)8-10-17/h3-11,14-15,22H,12H2,1-2H3,(H,26,30)(H,27,28)/t14?,15?,22-/m1/s1. The Morgan fingerprint density at radius 3 is 2.71 bits per heavy atom. The van der Waals surface area contributed by atoms with Crippen LogP contribution in [-0.2, 0) is 0 Å². The molecule has 0 spiro atoms. The second kappa shape index (κ2) is 8.82. The number of halogens is 1. The molecule has 1 aliphatic rings. The summed E-state index contributed by atoms with van der Waals surface area (Å²) >= 11 is 1.51. The number of hydrogen-bond donors (Lipinski definition) is 2. The average molecular weight is 436 g/mol. The number of nitriles is 1. The van der Waals surface area contributed by atoms with Gasteiger partial charge < -0.3 is 10.2 Å². The Bertz CT molecular complexity index is 1120. The minimum atomic E-state index is -0.274. The smallest absolute Gasteiger partial charge is 0.269 e. The van der Waals surface area contributed by atoms with Crippen LogP contribution in [0.4, 0.5) is 4.39 Å². The second-order valence-corrected chi connectivity index (χ2v) is 8.80. The van der Waals surface area contributed by atoms with Crippen LogP contribution in [0.3, 0.4) is 0 Å². The summed E-state index contributed by atoms with van der Waals surface area (Å²) in [6.45, 7) is 4.60. The van der Waals surface area contributed by atoms with Crippen molar-refractivity contribution >= 4 is 17.7 Å². The predicted octanol–water partition coefficient (Wildman–Crippen LogP) is 4.29. The SMILES string of the molecule is CC1CN(C#N)C(C)[C@@H]1NC(=O)c1cc(-c2ccccc2Sc2ccc(F)cc2)n[nH]1. The summed E-state index contributed by atoms with van der Waals surface area (Å²) in [7, 11) is 0. The van der Waals surface area contributed by atoms with Crippen molar-refractivity contribution in [3.05, 3.63) is 66.1 Å². The number of benzene rings is 2. The number of aromatic amines is 1. The van der Waals surface area contributed by atoms with Crippen molar-refractivity contribution in [2.24, 2.45) is 5.92 Å². The molecule has 158 valence electrons. The van der Waals surface area contributed by atoms with E-state index in [1.54, 1.807) is 23.1 Å². The largest absolute Gasteiger partial charge is 0.346 e. The first-order valence-electron chi connectivity index (χ1n) is 10.0. The number of rotatable bonds is 5. The molecule has 31 heavy (non-hydrogen) atoms. The van der Waals surface area contributed by atoms with E-state index < -0.39 is 0 Å². The molecule has 3 atom stereocenters. The van der Waals surface area contributed by atoms with Gasteiger partial charge in [-0.3, -0.25) is 9.89 Å². The zero-order chi connectivity index (χ0) is 22.0. The van der Waals surface area contributed by atoms with Crippen molar-refractivity contribution in [3.8, 4) is 17.5 Å². The van der Waals surface area contributed by atoms with Crippen LogP contribution in [0.15, 0.2) is 64.4 Å². The number of H-pyrrole nitrogens is 1. The lowest BCUT2D eigenvalue weighted by Gasteiger charge is -2.21. The topological polar surface area (TPSA) is 84.8 Å². The molecule has 0 bridgehead atoms. The lowest BCUT2D eigenvalue weighted by Crippen LogP contribution is -2.44. The Labute approximate surface area is 184 Å². The molecule has 2 N–H and O–H groups in total. The third-order valence-corrected chi connectivity index (χ3v) is 6.65. The van der Waals surface area contributed by atoms with E-state index in [0.717, 1.165) is 15.4 Å². The van der Waals surface area contributed by atoms with Gasteiger partial charge in [0.1, 0.15) is 11.5 Å². The molecule has 8 heteroatoms. The summed E-state index contributed by atoms with van der Waals surface area (Å²) in [6, 6.07) is 15.6. The highest BCUT2D eigenvalue weighted by Gasteiger charge is 2.37. The molecular formula is C23H22FN5OS. The fourth-order valence-corrected chi connectivity index (χ4v) is 4.81. The summed E-state index contributed by atoms with van der Waals surface area (Å²) in [4.78, 5) is 16.4. The Balaban J connectivity index is 1.52. The molecule has 1 aromatic heterocycles. The molecule has 0 aliphatic carbocycles. The van der Waals surface area contributed by atoms with E-state index in [4.69, 9.17) is 0 Å². The first-order chi connectivity index (χ1) is 15.0. The van der Waals surface area contributed by atoms with Gasteiger partial charge in [-0.1, -0.05) is 36.9 Å². The number of hydrogen-bond acceptors (Lipinski definition) is 5. The van der Waals surface area contributed by atoms with Gasteiger partial charge in [-0.15, -0.1) is 0 Å². The van der Waals surface area contributed by atoms with Gasteiger partial charge in [0.2, 0.25) is 0 Å². The fraction of sp³-hybridized carbons (Fsp3) is 0.261. The van der Waals surface area contributed by atoms with E-state index in [0.29, 0.717) is 17.9 Å². The van der Waals surface area contributed by atoms with Crippen molar-refractivity contribution in [1.29, 1.82) is 5.26 Å². The van der Waals surface area contributed by atoms with E-state index >= 15 is 0 Å². The molecule has 1 amide bonds. The Morgan fingerprint density at radius 1 is 1.26 bits per heavy atom. The van der Waals surface area contributed by atoms with Gasteiger partial charge in [-0.2, -0.15) is 10.4 Å². The van der Waals surface area contributed by atoms with Crippen LogP contribution < -0.4 is 5.32 Å². The molecule has 4 rings (SSSR count). The monoisotopic (exact) mass is 435 g/mol. The van der Waals surface area contributed by atoms with Gasteiger partial charge >= 0.3 is 0 Å². The van der Waals surface area contributed by atoms with Crippen LogP contribution in [0, 0.1) is 23.2 Å². The van der Waals surface area contributed by atoms with Crippen LogP contribution in [0.5, 0.6) is 0 Å². The van der Waals surface area contributed by atoms with E-state index in [9.17, 15) is 14.4 Å². The summed E-state index contributed by atoms with van der Waals surface area (Å²) < 4.78 is 13.2. The van der Waals surface area contributed by atoms with Gasteiger partial charge in [-0.25, -0.2) is 4.39 Å². The van der Waals surface area contributed by atoms with Crippen LogP contribution in [0.2, 0.25) is 0 Å². The molecule has 2 unspecified atom stereocenters. The minimum Gasteiger partial charge on any atom is -0.346 e. The molecule has 1 fully saturated rings. The van der Waals surface area contributed by atoms with Gasteiger partial charge in [0.15, 0.2) is 6.19 Å². The maximum Gasteiger partial charge on any atom is 0.269 e. The number of aromatic nitrogens is 2. The number of carbonyl (C=O) groups is 1. The minimum absolute atomic E-state index is 0.0563. The third kappa shape index (κ3) is 4.42. The maximum absolute atomic E-state index is 13.2. The summed E-state index contributed by atoms with van der Waals surface area (Å²) in [5, 5.41) is 19.4. The highest BCUT2D eigenvalue weighted by molar-refractivity contribution is 7.99. The molecule has 1 aliphatic heterocycles. The zero-order valence-corrected chi connectivity index (χ0v) is 18.0. The van der Waals surface area contributed by atoms with Crippen molar-refractivity contribution in [1.82, 2.24) is 20.4 Å². The summed E-state index contributed by atoms with van der Waals surface area (Å²) in [5.41, 5.74) is 1.90. The maximum atomic E-state index is 13.2. The fourth-order valence-electron chi connectivity index (χ4n) is 3.86. The van der Waals surface area contributed by atoms with E-state index in [-0.39, 0.29) is 29.7 Å². The number of amides is 1. The van der Waals surface area contributed by atoms with Crippen LogP contribution in [0.25, 0.3) is 11.3 Å². The number of nitrogens with zero attached hydrogens (tertiary/aromatic N) is 3. The molecule has 2 heterocycles. The van der Waals surface area contributed by atoms with Crippen LogP contribution in [0.1, 0.15) is 24.3 Å². The average Bonchev–Trinajstić information content (AvgIpc) is 3.36. The second-order valence-electron chi connectivity index (χ2n) is 7.69. The Hall–Kier alpha value is -3.31. The first-order valence-corrected chi connectivity index (χ1v) is 10.8. The molecule has 6 nitrogen and oxygen atoms in total. The van der Waals surface area contributed by atoms with Crippen LogP contribution in [-0.4, -0.2) is 39.6 Å². The van der Waals surface area contributed by atoms with Crippen LogP contribution >= 0.6 is 11.8 Å². The van der Waals surface area contributed by atoms with Crippen molar-refractivity contribution in [2.75, 3.05) is 6.54 Å². The van der Waals surface area contributed by atoms with E-state index in [2.05, 4.69) is 21.7 Å². The lowest BCUT2D eigenvalue weighted by molar-refractivity contribution is 0.0918. The van der Waals surface area contributed by atoms with Crippen molar-refractivity contribution in [2.45, 2.75) is 35.7 Å². The first kappa shape index (κ1) is 20.9. The van der Waals surface area contributed by atoms with Gasteiger partial charge in [-0.05, 0) is 49.2 Å². The quantitative estimate of drug-likeness (QED) is 0.584. The lowest BCUT2D eigenvalue weighted by atomic mass is 10.0. The normalized spacial score (nSPS) is 20.5. The molecular weight excluding hydrogens is 413 g/mol. The van der Waals surface area contributed by atoms with Gasteiger partial charge in [0.05, 0.1) is 17.8 Å². The third-order valence-electron chi connectivity index (χ3n) is 5.56. The molecule has 0 saturated carbocycles. The Kier molecular flexibility index (Phi) is 5.96. The summed E-state index contributed by atoms with van der Waals surface area (Å²) in [6.07, 6.45) is 2.18. The molecule has 0 radical (unpaired) electrons.